The fourth-order valence-electron chi connectivity index (χ4n) is 3.62. The summed E-state index contributed by atoms with van der Waals surface area (Å²) in [4.78, 5) is 32.0. The van der Waals surface area contributed by atoms with Gasteiger partial charge in [0, 0.05) is 37.0 Å². The number of cyclic esters (lactones) is 1. The Bertz CT molecular complexity index is 1080. The second-order valence-electron chi connectivity index (χ2n) is 8.21. The molecule has 3 rings (SSSR count). The summed E-state index contributed by atoms with van der Waals surface area (Å²) in [6, 6.07) is 4.95. The second kappa shape index (κ2) is 10.3. The number of nitrogens with one attached hydrogen (secondary N) is 1. The number of ether oxygens (including phenoxy) is 2. The molecule has 1 aromatic carbocycles. The van der Waals surface area contributed by atoms with E-state index >= 15 is 0 Å². The molecule has 0 radical (unpaired) electrons. The Kier molecular flexibility index (Phi) is 7.90. The van der Waals surface area contributed by atoms with Crippen molar-refractivity contribution in [3.8, 4) is 11.8 Å². The van der Waals surface area contributed by atoms with E-state index in [4.69, 9.17) is 25.9 Å². The van der Waals surface area contributed by atoms with Crippen LogP contribution in [-0.4, -0.2) is 57.0 Å². The number of anilines is 1. The lowest BCUT2D eigenvalue weighted by atomic mass is 10.0. The number of rotatable bonds is 7. The van der Waals surface area contributed by atoms with Crippen molar-refractivity contribution in [3.63, 3.8) is 0 Å². The lowest BCUT2D eigenvalue weighted by molar-refractivity contribution is -0.201. The summed E-state index contributed by atoms with van der Waals surface area (Å²) in [7, 11) is -3.90. The van der Waals surface area contributed by atoms with Gasteiger partial charge in [-0.25, -0.2) is 23.5 Å². The summed E-state index contributed by atoms with van der Waals surface area (Å²) in [5.41, 5.74) is 3.33. The highest BCUT2D eigenvalue weighted by molar-refractivity contribution is 7.92. The fourth-order valence-corrected chi connectivity index (χ4v) is 4.71. The summed E-state index contributed by atoms with van der Waals surface area (Å²) >= 11 is 6.24. The van der Waals surface area contributed by atoms with Crippen molar-refractivity contribution in [2.45, 2.75) is 56.7 Å². The Morgan fingerprint density at radius 3 is 2.76 bits per heavy atom. The summed E-state index contributed by atoms with van der Waals surface area (Å²) in [6.45, 7) is 3.54. The number of benzene rings is 1. The summed E-state index contributed by atoms with van der Waals surface area (Å²) in [6.07, 6.45) is 0.961. The molecule has 1 aromatic rings. The van der Waals surface area contributed by atoms with Gasteiger partial charge in [0.25, 0.3) is 5.91 Å². The fraction of sp³-hybridized carbons (Fsp3) is 0.545. The van der Waals surface area contributed by atoms with Gasteiger partial charge in [0.15, 0.2) is 20.9 Å². The van der Waals surface area contributed by atoms with E-state index in [2.05, 4.69) is 17.3 Å². The predicted octanol–water partition coefficient (Wildman–Crippen LogP) is 2.80. The molecule has 1 N–H and O–H groups in total. The number of hydrogen-bond donors (Lipinski definition) is 1. The highest BCUT2D eigenvalue weighted by Crippen LogP contribution is 2.31. The van der Waals surface area contributed by atoms with Gasteiger partial charge in [-0.15, -0.1) is 5.92 Å². The van der Waals surface area contributed by atoms with Crippen molar-refractivity contribution in [2.75, 3.05) is 24.3 Å². The van der Waals surface area contributed by atoms with Gasteiger partial charge in [0.1, 0.15) is 6.10 Å². The largest absolute Gasteiger partial charge is 0.444 e. The average Bonchev–Trinajstić information content (AvgIpc) is 3.13. The maximum absolute atomic E-state index is 12.9. The van der Waals surface area contributed by atoms with E-state index in [9.17, 15) is 18.0 Å². The van der Waals surface area contributed by atoms with E-state index < -0.39 is 39.0 Å². The SMILES string of the molecule is CC#Cc1ccc(N2CC(C[C@](C)(C(=O)NOC3CCCCO3)S(C)(=O)=O)OC2=O)cc1Cl. The quantitative estimate of drug-likeness (QED) is 0.454. The van der Waals surface area contributed by atoms with Crippen LogP contribution >= 0.6 is 11.6 Å². The molecule has 2 fully saturated rings. The van der Waals surface area contributed by atoms with E-state index in [1.165, 1.54) is 11.8 Å². The molecular weight excluding hydrogens is 472 g/mol. The molecule has 33 heavy (non-hydrogen) atoms. The van der Waals surface area contributed by atoms with Crippen molar-refractivity contribution < 1.29 is 32.3 Å². The Morgan fingerprint density at radius 1 is 1.39 bits per heavy atom. The molecule has 11 heteroatoms. The first-order valence-electron chi connectivity index (χ1n) is 10.5. The summed E-state index contributed by atoms with van der Waals surface area (Å²) in [5.74, 6) is 4.77. The second-order valence-corrected chi connectivity index (χ2v) is 11.1. The minimum absolute atomic E-state index is 0.0545. The lowest BCUT2D eigenvalue weighted by Gasteiger charge is -2.29. The third-order valence-corrected chi connectivity index (χ3v) is 8.04. The number of nitrogens with zero attached hydrogens (tertiary/aromatic N) is 1. The van der Waals surface area contributed by atoms with Crippen LogP contribution in [0.15, 0.2) is 18.2 Å². The molecule has 3 atom stereocenters. The van der Waals surface area contributed by atoms with E-state index in [1.807, 2.05) is 0 Å². The number of halogens is 1. The Balaban J connectivity index is 1.72. The molecule has 2 aliphatic rings. The van der Waals surface area contributed by atoms with Gasteiger partial charge < -0.3 is 9.47 Å². The molecule has 0 aromatic heterocycles. The number of carbonyl (C=O) groups is 2. The molecule has 2 unspecified atom stereocenters. The highest BCUT2D eigenvalue weighted by atomic mass is 35.5. The van der Waals surface area contributed by atoms with Crippen molar-refractivity contribution in [1.29, 1.82) is 0 Å². The van der Waals surface area contributed by atoms with E-state index in [0.717, 1.165) is 19.1 Å². The highest BCUT2D eigenvalue weighted by Gasteiger charge is 2.48. The Morgan fingerprint density at radius 2 is 2.15 bits per heavy atom. The van der Waals surface area contributed by atoms with E-state index in [-0.39, 0.29) is 13.0 Å². The number of hydroxylamine groups is 1. The molecule has 2 saturated heterocycles. The van der Waals surface area contributed by atoms with Crippen molar-refractivity contribution in [3.05, 3.63) is 28.8 Å². The number of amides is 2. The molecule has 180 valence electrons. The van der Waals surface area contributed by atoms with Crippen LogP contribution < -0.4 is 10.4 Å². The normalized spacial score (nSPS) is 22.7. The van der Waals surface area contributed by atoms with Crippen LogP contribution in [0.4, 0.5) is 10.5 Å². The van der Waals surface area contributed by atoms with Crippen molar-refractivity contribution in [1.82, 2.24) is 5.48 Å². The number of carbonyl (C=O) groups excluding carboxylic acids is 2. The number of sulfone groups is 1. The van der Waals surface area contributed by atoms with Gasteiger partial charge >= 0.3 is 6.09 Å². The van der Waals surface area contributed by atoms with Crippen LogP contribution in [0.3, 0.4) is 0 Å². The maximum Gasteiger partial charge on any atom is 0.414 e. The Hall–Kier alpha value is -2.32. The summed E-state index contributed by atoms with van der Waals surface area (Å²) < 4.78 is 34.0. The average molecular weight is 499 g/mol. The molecule has 2 aliphatic heterocycles. The zero-order chi connectivity index (χ0) is 24.2. The van der Waals surface area contributed by atoms with Gasteiger partial charge in [-0.3, -0.25) is 9.69 Å². The van der Waals surface area contributed by atoms with Gasteiger partial charge in [-0.1, -0.05) is 17.5 Å². The first-order valence-corrected chi connectivity index (χ1v) is 12.8. The molecule has 0 bridgehead atoms. The molecule has 0 spiro atoms. The minimum Gasteiger partial charge on any atom is -0.444 e. The monoisotopic (exact) mass is 498 g/mol. The first kappa shape index (κ1) is 25.3. The van der Waals surface area contributed by atoms with Crippen LogP contribution in [0.1, 0.15) is 45.1 Å². The molecule has 0 saturated carbocycles. The number of hydrogen-bond acceptors (Lipinski definition) is 7. The van der Waals surface area contributed by atoms with E-state index in [1.54, 1.807) is 25.1 Å². The van der Waals surface area contributed by atoms with Gasteiger partial charge in [-0.2, -0.15) is 0 Å². The lowest BCUT2D eigenvalue weighted by Crippen LogP contribution is -2.53. The topological polar surface area (TPSA) is 111 Å². The predicted molar refractivity (Wildman–Crippen MR) is 122 cm³/mol. The third-order valence-electron chi connectivity index (χ3n) is 5.73. The Labute approximate surface area is 198 Å². The van der Waals surface area contributed by atoms with E-state index in [0.29, 0.717) is 29.3 Å². The van der Waals surface area contributed by atoms with Crippen LogP contribution in [0.2, 0.25) is 5.02 Å². The smallest absolute Gasteiger partial charge is 0.414 e. The van der Waals surface area contributed by atoms with Crippen molar-refractivity contribution >= 4 is 39.1 Å². The first-order chi connectivity index (χ1) is 15.5. The van der Waals surface area contributed by atoms with Crippen molar-refractivity contribution in [2.24, 2.45) is 0 Å². The molecule has 2 amide bonds. The standard InChI is InChI=1S/C22H27ClN2O7S/c1-4-7-15-9-10-16(12-18(15)23)25-14-17(31-21(25)27)13-22(2,33(3,28)29)20(26)24-32-19-8-5-6-11-30-19/h9-10,12,17,19H,5-6,8,11,13-14H2,1-3H3,(H,24,26)/t17?,19?,22-/m1/s1. The zero-order valence-electron chi connectivity index (χ0n) is 18.7. The van der Waals surface area contributed by atoms with Crippen LogP contribution in [0.25, 0.3) is 0 Å². The zero-order valence-corrected chi connectivity index (χ0v) is 20.3. The minimum atomic E-state index is -3.90. The van der Waals surface area contributed by atoms with Crippen LogP contribution in [0.5, 0.6) is 0 Å². The van der Waals surface area contributed by atoms with Gasteiger partial charge in [-0.05, 0) is 44.9 Å². The third kappa shape index (κ3) is 5.79. The maximum atomic E-state index is 12.9. The van der Waals surface area contributed by atoms with Gasteiger partial charge in [0.05, 0.1) is 11.6 Å². The summed E-state index contributed by atoms with van der Waals surface area (Å²) in [5, 5.41) is 0.375. The van der Waals surface area contributed by atoms with Crippen LogP contribution in [0, 0.1) is 11.8 Å². The molecule has 0 aliphatic carbocycles. The van der Waals surface area contributed by atoms with Crippen LogP contribution in [-0.2, 0) is 28.9 Å². The molecular formula is C22H27ClN2O7S. The van der Waals surface area contributed by atoms with Gasteiger partial charge in [0.2, 0.25) is 0 Å². The molecule has 2 heterocycles. The molecule has 9 nitrogen and oxygen atoms in total.